The second-order valence-corrected chi connectivity index (χ2v) is 3.39. The van der Waals surface area contributed by atoms with E-state index in [0.717, 1.165) is 0 Å². The van der Waals surface area contributed by atoms with Crippen molar-refractivity contribution < 1.29 is 4.39 Å². The van der Waals surface area contributed by atoms with Crippen LogP contribution in [0.4, 0.5) is 10.2 Å². The number of nitrogen functional groups attached to an aromatic ring is 1. The second-order valence-electron chi connectivity index (χ2n) is 2.95. The second kappa shape index (κ2) is 3.82. The molecule has 2 rings (SSSR count). The molecule has 1 heterocycles. The van der Waals surface area contributed by atoms with E-state index in [9.17, 15) is 4.39 Å². The lowest BCUT2D eigenvalue weighted by molar-refractivity contribution is 0.630. The van der Waals surface area contributed by atoms with Crippen molar-refractivity contribution in [3.8, 4) is 11.3 Å². The van der Waals surface area contributed by atoms with Crippen molar-refractivity contribution in [1.29, 1.82) is 0 Å². The zero-order valence-corrected chi connectivity index (χ0v) is 8.37. The summed E-state index contributed by atoms with van der Waals surface area (Å²) in [4.78, 5) is 7.80. The van der Waals surface area contributed by atoms with E-state index in [1.165, 1.54) is 18.5 Å². The predicted octanol–water partition coefficient (Wildman–Crippen LogP) is 2.52. The zero-order chi connectivity index (χ0) is 10.8. The summed E-state index contributed by atoms with van der Waals surface area (Å²) in [5.41, 5.74) is 6.16. The molecule has 5 heteroatoms. The molecule has 0 amide bonds. The Kier molecular flexibility index (Phi) is 2.51. The maximum absolute atomic E-state index is 13.5. The monoisotopic (exact) mass is 223 g/mol. The minimum atomic E-state index is -0.429. The van der Waals surface area contributed by atoms with Gasteiger partial charge in [-0.25, -0.2) is 9.37 Å². The Morgan fingerprint density at radius 3 is 2.60 bits per heavy atom. The van der Waals surface area contributed by atoms with Gasteiger partial charge in [0.05, 0.1) is 18.1 Å². The Labute approximate surface area is 90.7 Å². The van der Waals surface area contributed by atoms with Crippen LogP contribution in [0.5, 0.6) is 0 Å². The Balaban J connectivity index is 2.49. The number of halogens is 2. The molecule has 0 fully saturated rings. The number of aromatic nitrogens is 2. The maximum atomic E-state index is 13.5. The molecule has 1 aromatic carbocycles. The van der Waals surface area contributed by atoms with Crippen molar-refractivity contribution in [3.63, 3.8) is 0 Å². The number of nitrogens with two attached hydrogens (primary N) is 1. The van der Waals surface area contributed by atoms with Gasteiger partial charge < -0.3 is 5.73 Å². The molecular formula is C10H7ClFN3. The van der Waals surface area contributed by atoms with Crippen LogP contribution in [-0.4, -0.2) is 9.97 Å². The molecule has 0 radical (unpaired) electrons. The summed E-state index contributed by atoms with van der Waals surface area (Å²) in [5, 5.41) is 0.347. The van der Waals surface area contributed by atoms with Crippen molar-refractivity contribution in [2.45, 2.75) is 0 Å². The highest BCUT2D eigenvalue weighted by Crippen LogP contribution is 2.23. The largest absolute Gasteiger partial charge is 0.382 e. The molecule has 2 aromatic rings. The molecule has 1 aromatic heterocycles. The fraction of sp³-hybridized carbons (Fsp3) is 0. The molecule has 0 aliphatic carbocycles. The Morgan fingerprint density at radius 1 is 1.20 bits per heavy atom. The van der Waals surface area contributed by atoms with Gasteiger partial charge in [-0.3, -0.25) is 4.98 Å². The first-order valence-corrected chi connectivity index (χ1v) is 4.57. The van der Waals surface area contributed by atoms with Crippen LogP contribution in [0.25, 0.3) is 11.3 Å². The van der Waals surface area contributed by atoms with Gasteiger partial charge in [0.25, 0.3) is 0 Å². The van der Waals surface area contributed by atoms with Gasteiger partial charge in [0.1, 0.15) is 11.6 Å². The number of nitrogens with zero attached hydrogens (tertiary/aromatic N) is 2. The average molecular weight is 224 g/mol. The van der Waals surface area contributed by atoms with Crippen LogP contribution in [0.1, 0.15) is 0 Å². The third-order valence-electron chi connectivity index (χ3n) is 1.88. The number of benzene rings is 1. The van der Waals surface area contributed by atoms with E-state index in [2.05, 4.69) is 9.97 Å². The highest BCUT2D eigenvalue weighted by molar-refractivity contribution is 6.30. The molecule has 0 bridgehead atoms. The average Bonchev–Trinajstić information content (AvgIpc) is 2.20. The van der Waals surface area contributed by atoms with Gasteiger partial charge in [-0.1, -0.05) is 11.6 Å². The highest BCUT2D eigenvalue weighted by Gasteiger charge is 2.06. The summed E-state index contributed by atoms with van der Waals surface area (Å²) in [6, 6.07) is 4.38. The molecule has 3 nitrogen and oxygen atoms in total. The van der Waals surface area contributed by atoms with Crippen molar-refractivity contribution in [2.75, 3.05) is 5.73 Å². The highest BCUT2D eigenvalue weighted by atomic mass is 35.5. The third kappa shape index (κ3) is 2.05. The number of anilines is 1. The van der Waals surface area contributed by atoms with Gasteiger partial charge in [-0.15, -0.1) is 0 Å². The molecule has 15 heavy (non-hydrogen) atoms. The lowest BCUT2D eigenvalue weighted by atomic mass is 10.1. The van der Waals surface area contributed by atoms with Crippen LogP contribution < -0.4 is 5.73 Å². The first-order chi connectivity index (χ1) is 7.16. The molecule has 0 unspecified atom stereocenters. The van der Waals surface area contributed by atoms with Gasteiger partial charge in [0.2, 0.25) is 0 Å². The van der Waals surface area contributed by atoms with E-state index < -0.39 is 5.82 Å². The summed E-state index contributed by atoms with van der Waals surface area (Å²) in [7, 11) is 0. The normalized spacial score (nSPS) is 10.3. The molecule has 0 atom stereocenters. The summed E-state index contributed by atoms with van der Waals surface area (Å²) < 4.78 is 13.5. The molecule has 0 saturated heterocycles. The van der Waals surface area contributed by atoms with Gasteiger partial charge >= 0.3 is 0 Å². The fourth-order valence-corrected chi connectivity index (χ4v) is 1.33. The summed E-state index contributed by atoms with van der Waals surface area (Å²) in [5.74, 6) is -0.130. The predicted molar refractivity (Wildman–Crippen MR) is 56.8 cm³/mol. The summed E-state index contributed by atoms with van der Waals surface area (Å²) in [6.07, 6.45) is 2.80. The minimum absolute atomic E-state index is 0.299. The van der Waals surface area contributed by atoms with E-state index >= 15 is 0 Å². The van der Waals surface area contributed by atoms with Gasteiger partial charge in [0, 0.05) is 10.6 Å². The van der Waals surface area contributed by atoms with Crippen molar-refractivity contribution in [3.05, 3.63) is 41.4 Å². The number of rotatable bonds is 1. The van der Waals surface area contributed by atoms with Gasteiger partial charge in [0.15, 0.2) is 0 Å². The van der Waals surface area contributed by atoms with Crippen molar-refractivity contribution in [1.82, 2.24) is 9.97 Å². The van der Waals surface area contributed by atoms with Crippen LogP contribution >= 0.6 is 11.6 Å². The van der Waals surface area contributed by atoms with E-state index in [0.29, 0.717) is 22.1 Å². The first-order valence-electron chi connectivity index (χ1n) is 4.20. The third-order valence-corrected chi connectivity index (χ3v) is 2.11. The van der Waals surface area contributed by atoms with E-state index in [-0.39, 0.29) is 0 Å². The molecule has 0 aliphatic rings. The first kappa shape index (κ1) is 9.86. The summed E-state index contributed by atoms with van der Waals surface area (Å²) in [6.45, 7) is 0. The molecule has 2 N–H and O–H groups in total. The molecular weight excluding hydrogens is 217 g/mol. The van der Waals surface area contributed by atoms with E-state index in [1.54, 1.807) is 12.1 Å². The topological polar surface area (TPSA) is 51.8 Å². The van der Waals surface area contributed by atoms with Crippen molar-refractivity contribution >= 4 is 17.4 Å². The molecule has 0 spiro atoms. The van der Waals surface area contributed by atoms with Crippen LogP contribution in [0, 0.1) is 5.82 Å². The van der Waals surface area contributed by atoms with Crippen LogP contribution in [-0.2, 0) is 0 Å². The SMILES string of the molecule is Nc1cnc(-c2ccc(Cl)cc2F)cn1. The zero-order valence-electron chi connectivity index (χ0n) is 7.61. The Hall–Kier alpha value is -1.68. The van der Waals surface area contributed by atoms with E-state index in [4.69, 9.17) is 17.3 Å². The van der Waals surface area contributed by atoms with Crippen LogP contribution in [0.15, 0.2) is 30.6 Å². The Morgan fingerprint density at radius 2 is 2.00 bits per heavy atom. The number of hydrogen-bond donors (Lipinski definition) is 1. The summed E-state index contributed by atoms with van der Waals surface area (Å²) >= 11 is 5.63. The van der Waals surface area contributed by atoms with Crippen LogP contribution in [0.2, 0.25) is 5.02 Å². The molecule has 76 valence electrons. The fourth-order valence-electron chi connectivity index (χ4n) is 1.17. The van der Waals surface area contributed by atoms with Crippen molar-refractivity contribution in [2.24, 2.45) is 0 Å². The molecule has 0 aliphatic heterocycles. The minimum Gasteiger partial charge on any atom is -0.382 e. The lowest BCUT2D eigenvalue weighted by Gasteiger charge is -2.02. The molecule has 0 saturated carbocycles. The van der Waals surface area contributed by atoms with E-state index in [1.807, 2.05) is 0 Å². The van der Waals surface area contributed by atoms with Crippen LogP contribution in [0.3, 0.4) is 0 Å². The standard InChI is InChI=1S/C10H7ClFN3/c11-6-1-2-7(8(12)3-6)9-4-15-10(13)5-14-9/h1-5H,(H2,13,15). The quantitative estimate of drug-likeness (QED) is 0.808. The Bertz CT molecular complexity index is 485. The van der Waals surface area contributed by atoms with Gasteiger partial charge in [-0.05, 0) is 18.2 Å². The number of hydrogen-bond acceptors (Lipinski definition) is 3. The van der Waals surface area contributed by atoms with Gasteiger partial charge in [-0.2, -0.15) is 0 Å². The maximum Gasteiger partial charge on any atom is 0.141 e. The smallest absolute Gasteiger partial charge is 0.141 e. The lowest BCUT2D eigenvalue weighted by Crippen LogP contribution is -1.93.